The van der Waals surface area contributed by atoms with Crippen LogP contribution >= 0.6 is 34.3 Å². The summed E-state index contributed by atoms with van der Waals surface area (Å²) in [5.41, 5.74) is 3.71. The molecule has 2 aromatic carbocycles. The van der Waals surface area contributed by atoms with Crippen LogP contribution in [0.3, 0.4) is 0 Å². The Kier molecular flexibility index (Phi) is 8.24. The van der Waals surface area contributed by atoms with Crippen molar-refractivity contribution in [3.63, 3.8) is 0 Å². The smallest absolute Gasteiger partial charge is 0.270 e. The van der Waals surface area contributed by atoms with E-state index in [1.807, 2.05) is 82.5 Å². The molecule has 0 saturated carbocycles. The number of para-hydroxylation sites is 1. The van der Waals surface area contributed by atoms with Crippen molar-refractivity contribution in [2.75, 3.05) is 31.1 Å². The Morgan fingerprint density at radius 2 is 1.76 bits per heavy atom. The fourth-order valence-electron chi connectivity index (χ4n) is 4.45. The van der Waals surface area contributed by atoms with Crippen LogP contribution in [0.25, 0.3) is 27.2 Å². The second-order valence-electron chi connectivity index (χ2n) is 9.02. The van der Waals surface area contributed by atoms with Gasteiger partial charge in [0.25, 0.3) is 5.91 Å². The van der Waals surface area contributed by atoms with E-state index < -0.39 is 0 Å². The van der Waals surface area contributed by atoms with E-state index in [1.165, 1.54) is 22.7 Å². The Labute approximate surface area is 236 Å². The Morgan fingerprint density at radius 1 is 1.03 bits per heavy atom. The lowest BCUT2D eigenvalue weighted by Crippen LogP contribution is -2.34. The lowest BCUT2D eigenvalue weighted by molar-refractivity contribution is 0.0989. The number of hydrogen-bond acceptors (Lipinski definition) is 6. The molecular weight excluding hydrogens is 534 g/mol. The lowest BCUT2D eigenvalue weighted by atomic mass is 10.2. The third-order valence-corrected chi connectivity index (χ3v) is 8.83. The van der Waals surface area contributed by atoms with Crippen LogP contribution in [0, 0.1) is 6.92 Å². The van der Waals surface area contributed by atoms with Crippen LogP contribution in [-0.2, 0) is 0 Å². The minimum atomic E-state index is -0.0261. The number of halogens is 1. The van der Waals surface area contributed by atoms with Crippen molar-refractivity contribution in [2.24, 2.45) is 0 Å². The lowest BCUT2D eigenvalue weighted by Gasteiger charge is -2.22. The molecule has 3 heterocycles. The molecule has 0 aliphatic carbocycles. The Hall–Kier alpha value is -3.04. The summed E-state index contributed by atoms with van der Waals surface area (Å²) < 4.78 is 1.93. The highest BCUT2D eigenvalue weighted by atomic mass is 35.5. The molecule has 5 aromatic rings. The molecule has 9 heteroatoms. The summed E-state index contributed by atoms with van der Waals surface area (Å²) in [6.07, 6.45) is 0.866. The highest BCUT2D eigenvalue weighted by Crippen LogP contribution is 2.34. The van der Waals surface area contributed by atoms with Crippen LogP contribution in [0.5, 0.6) is 0 Å². The fourth-order valence-corrected chi connectivity index (χ4v) is 6.56. The van der Waals surface area contributed by atoms with Crippen LogP contribution in [0.4, 0.5) is 5.13 Å². The molecule has 3 aromatic heterocycles. The molecule has 0 N–H and O–H groups in total. The van der Waals surface area contributed by atoms with E-state index in [-0.39, 0.29) is 5.91 Å². The maximum absolute atomic E-state index is 14.0. The molecule has 6 nitrogen and oxygen atoms in total. The molecular formula is C29H30ClN5OS2. The molecule has 196 valence electrons. The number of anilines is 1. The summed E-state index contributed by atoms with van der Waals surface area (Å²) in [6, 6.07) is 19.7. The normalized spacial score (nSPS) is 11.5. The van der Waals surface area contributed by atoms with Gasteiger partial charge in [-0.1, -0.05) is 55.8 Å². The predicted molar refractivity (Wildman–Crippen MR) is 160 cm³/mol. The first-order valence-corrected chi connectivity index (χ1v) is 14.9. The van der Waals surface area contributed by atoms with Gasteiger partial charge in [0.1, 0.15) is 4.83 Å². The van der Waals surface area contributed by atoms with Gasteiger partial charge in [-0.2, -0.15) is 5.10 Å². The average molecular weight is 564 g/mol. The van der Waals surface area contributed by atoms with Crippen LogP contribution in [-0.4, -0.2) is 51.8 Å². The molecule has 0 bridgehead atoms. The van der Waals surface area contributed by atoms with Crippen LogP contribution < -0.4 is 4.90 Å². The molecule has 0 atom stereocenters. The number of fused-ring (bicyclic) bond motifs is 1. The number of carbonyl (C=O) groups excluding carboxylic acids is 1. The summed E-state index contributed by atoms with van der Waals surface area (Å²) >= 11 is 9.06. The van der Waals surface area contributed by atoms with Gasteiger partial charge in [0.2, 0.25) is 0 Å². The molecule has 0 aliphatic rings. The molecule has 0 spiro atoms. The van der Waals surface area contributed by atoms with Crippen molar-refractivity contribution in [3.8, 4) is 16.9 Å². The first kappa shape index (κ1) is 26.6. The Morgan fingerprint density at radius 3 is 2.47 bits per heavy atom. The first-order chi connectivity index (χ1) is 18.5. The second kappa shape index (κ2) is 11.8. The third-order valence-electron chi connectivity index (χ3n) is 6.61. The number of thiazole rings is 1. The number of rotatable bonds is 10. The zero-order valence-electron chi connectivity index (χ0n) is 21.7. The molecule has 38 heavy (non-hydrogen) atoms. The van der Waals surface area contributed by atoms with Gasteiger partial charge in [-0.05, 0) is 63.3 Å². The summed E-state index contributed by atoms with van der Waals surface area (Å²) in [4.78, 5) is 24.8. The summed E-state index contributed by atoms with van der Waals surface area (Å²) in [5.74, 6) is -0.0261. The number of carbonyl (C=O) groups is 1. The summed E-state index contributed by atoms with van der Waals surface area (Å²) in [6.45, 7) is 9.84. The number of amides is 1. The Balaban J connectivity index is 1.47. The number of aromatic nitrogens is 3. The molecule has 0 saturated heterocycles. The summed E-state index contributed by atoms with van der Waals surface area (Å²) in [5, 5.41) is 9.14. The SMILES string of the molecule is CCN(CC)CCCN(C(=O)c1cc2c(C)nn(-c3ccccc3)c2s1)c1nc(-c2ccc(Cl)cc2)cs1. The van der Waals surface area contributed by atoms with E-state index in [0.717, 1.165) is 58.9 Å². The molecule has 0 radical (unpaired) electrons. The van der Waals surface area contributed by atoms with Gasteiger partial charge in [0, 0.05) is 27.9 Å². The summed E-state index contributed by atoms with van der Waals surface area (Å²) in [7, 11) is 0. The zero-order valence-corrected chi connectivity index (χ0v) is 24.1. The van der Waals surface area contributed by atoms with E-state index in [2.05, 4.69) is 18.7 Å². The first-order valence-electron chi connectivity index (χ1n) is 12.8. The number of nitrogens with zero attached hydrogens (tertiary/aromatic N) is 5. The quantitative estimate of drug-likeness (QED) is 0.176. The molecule has 0 unspecified atom stereocenters. The molecule has 5 rings (SSSR count). The van der Waals surface area contributed by atoms with Gasteiger partial charge in [-0.15, -0.1) is 22.7 Å². The Bertz CT molecular complexity index is 1520. The highest BCUT2D eigenvalue weighted by molar-refractivity contribution is 7.20. The van der Waals surface area contributed by atoms with E-state index in [1.54, 1.807) is 0 Å². The average Bonchev–Trinajstić information content (AvgIpc) is 3.67. The van der Waals surface area contributed by atoms with E-state index in [4.69, 9.17) is 21.7 Å². The second-order valence-corrected chi connectivity index (χ2v) is 11.3. The van der Waals surface area contributed by atoms with Gasteiger partial charge >= 0.3 is 0 Å². The van der Waals surface area contributed by atoms with Gasteiger partial charge in [0.15, 0.2) is 5.13 Å². The van der Waals surface area contributed by atoms with E-state index in [0.29, 0.717) is 21.6 Å². The van der Waals surface area contributed by atoms with Crippen molar-refractivity contribution in [1.29, 1.82) is 0 Å². The van der Waals surface area contributed by atoms with Crippen LogP contribution in [0.2, 0.25) is 5.02 Å². The van der Waals surface area contributed by atoms with E-state index >= 15 is 0 Å². The number of thiophene rings is 1. The van der Waals surface area contributed by atoms with Crippen molar-refractivity contribution in [2.45, 2.75) is 27.2 Å². The van der Waals surface area contributed by atoms with Crippen molar-refractivity contribution in [1.82, 2.24) is 19.7 Å². The predicted octanol–water partition coefficient (Wildman–Crippen LogP) is 7.55. The van der Waals surface area contributed by atoms with Crippen molar-refractivity contribution >= 4 is 55.5 Å². The minimum Gasteiger partial charge on any atom is -0.304 e. The standard InChI is InChI=1S/C29H30ClN5OS2/c1-4-33(5-2)16-9-17-34(29-31-25(19-37-29)21-12-14-22(30)15-13-21)27(36)26-18-24-20(3)32-35(28(24)38-26)23-10-7-6-8-11-23/h6-8,10-15,18-19H,4-5,9,16-17H2,1-3H3. The number of aryl methyl sites for hydroxylation is 1. The molecule has 1 amide bonds. The highest BCUT2D eigenvalue weighted by Gasteiger charge is 2.25. The van der Waals surface area contributed by atoms with Crippen LogP contribution in [0.1, 0.15) is 35.6 Å². The van der Waals surface area contributed by atoms with Gasteiger partial charge < -0.3 is 4.90 Å². The van der Waals surface area contributed by atoms with E-state index in [9.17, 15) is 4.79 Å². The van der Waals surface area contributed by atoms with Crippen molar-refractivity contribution < 1.29 is 4.79 Å². The third kappa shape index (κ3) is 5.54. The minimum absolute atomic E-state index is 0.0261. The van der Waals surface area contributed by atoms with Gasteiger partial charge in [-0.25, -0.2) is 9.67 Å². The maximum Gasteiger partial charge on any atom is 0.270 e. The van der Waals surface area contributed by atoms with Crippen molar-refractivity contribution in [3.05, 3.63) is 81.6 Å². The zero-order chi connectivity index (χ0) is 26.6. The molecule has 0 aliphatic heterocycles. The largest absolute Gasteiger partial charge is 0.304 e. The molecule has 0 fully saturated rings. The van der Waals surface area contributed by atoms with Gasteiger partial charge in [0.05, 0.1) is 22.0 Å². The number of hydrogen-bond donors (Lipinski definition) is 0. The topological polar surface area (TPSA) is 54.3 Å². The fraction of sp³-hybridized carbons (Fsp3) is 0.276. The maximum atomic E-state index is 14.0. The van der Waals surface area contributed by atoms with Crippen LogP contribution in [0.15, 0.2) is 66.0 Å². The number of benzene rings is 2. The monoisotopic (exact) mass is 563 g/mol. The van der Waals surface area contributed by atoms with Gasteiger partial charge in [-0.3, -0.25) is 9.69 Å².